The van der Waals surface area contributed by atoms with E-state index in [9.17, 15) is 4.79 Å². The second-order valence-corrected chi connectivity index (χ2v) is 5.34. The summed E-state index contributed by atoms with van der Waals surface area (Å²) in [5.74, 6) is -0.216. The molecule has 2 nitrogen and oxygen atoms in total. The third-order valence-electron chi connectivity index (χ3n) is 2.45. The van der Waals surface area contributed by atoms with Gasteiger partial charge in [0.05, 0.1) is 5.69 Å². The van der Waals surface area contributed by atoms with Gasteiger partial charge in [-0.2, -0.15) is 0 Å². The quantitative estimate of drug-likeness (QED) is 0.635. The third kappa shape index (κ3) is 3.23. The van der Waals surface area contributed by atoms with E-state index in [0.717, 1.165) is 14.8 Å². The van der Waals surface area contributed by atoms with Crippen molar-refractivity contribution in [2.45, 2.75) is 5.38 Å². The van der Waals surface area contributed by atoms with Gasteiger partial charge in [0.2, 0.25) is 5.91 Å². The van der Waals surface area contributed by atoms with Gasteiger partial charge in [0.15, 0.2) is 0 Å². The minimum absolute atomic E-state index is 0.216. The van der Waals surface area contributed by atoms with E-state index in [4.69, 9.17) is 11.6 Å². The van der Waals surface area contributed by atoms with Gasteiger partial charge >= 0.3 is 0 Å². The van der Waals surface area contributed by atoms with Crippen molar-refractivity contribution < 1.29 is 4.79 Å². The van der Waals surface area contributed by atoms with Gasteiger partial charge in [0.1, 0.15) is 5.38 Å². The lowest BCUT2D eigenvalue weighted by molar-refractivity contribution is -0.116. The van der Waals surface area contributed by atoms with Crippen LogP contribution in [-0.2, 0) is 4.79 Å². The highest BCUT2D eigenvalue weighted by Gasteiger charge is 2.17. The average molecular weight is 372 g/mol. The van der Waals surface area contributed by atoms with Gasteiger partial charge in [-0.25, -0.2) is 0 Å². The molecule has 0 aliphatic rings. The number of para-hydroxylation sites is 1. The van der Waals surface area contributed by atoms with E-state index in [-0.39, 0.29) is 5.91 Å². The number of carbonyl (C=O) groups excluding carboxylic acids is 1. The van der Waals surface area contributed by atoms with E-state index in [2.05, 4.69) is 27.9 Å². The highest BCUT2D eigenvalue weighted by molar-refractivity contribution is 14.1. The summed E-state index contributed by atoms with van der Waals surface area (Å²) in [6.07, 6.45) is 0. The summed E-state index contributed by atoms with van der Waals surface area (Å²) in [5, 5.41) is 2.15. The molecule has 2 aromatic rings. The molecule has 4 heteroatoms. The topological polar surface area (TPSA) is 29.1 Å². The molecule has 0 aliphatic heterocycles. The van der Waals surface area contributed by atoms with Crippen LogP contribution in [0.1, 0.15) is 10.9 Å². The lowest BCUT2D eigenvalue weighted by Gasteiger charge is -2.11. The number of halogens is 2. The van der Waals surface area contributed by atoms with Crippen LogP contribution in [0.3, 0.4) is 0 Å². The molecule has 2 aromatic carbocycles. The third-order valence-corrected chi connectivity index (χ3v) is 3.84. The zero-order chi connectivity index (χ0) is 13.0. The van der Waals surface area contributed by atoms with Crippen LogP contribution in [-0.4, -0.2) is 5.91 Å². The van der Waals surface area contributed by atoms with Crippen LogP contribution in [0.5, 0.6) is 0 Å². The molecule has 0 radical (unpaired) electrons. The second kappa shape index (κ2) is 6.20. The first kappa shape index (κ1) is 13.4. The maximum atomic E-state index is 12.0. The van der Waals surface area contributed by atoms with Crippen LogP contribution in [0.25, 0.3) is 0 Å². The SMILES string of the molecule is O=C(Nc1ccccc1I)C(Cl)c1ccccc1. The van der Waals surface area contributed by atoms with Gasteiger partial charge in [-0.05, 0) is 40.3 Å². The molecule has 2 rings (SSSR count). The monoisotopic (exact) mass is 371 g/mol. The van der Waals surface area contributed by atoms with Crippen LogP contribution in [0.15, 0.2) is 54.6 Å². The molecule has 18 heavy (non-hydrogen) atoms. The number of nitrogens with one attached hydrogen (secondary N) is 1. The molecule has 0 saturated heterocycles. The molecule has 0 spiro atoms. The van der Waals surface area contributed by atoms with Crippen LogP contribution in [0, 0.1) is 3.57 Å². The Morgan fingerprint density at radius 1 is 1.06 bits per heavy atom. The zero-order valence-corrected chi connectivity index (χ0v) is 12.4. The van der Waals surface area contributed by atoms with Crippen molar-refractivity contribution in [3.05, 3.63) is 63.7 Å². The first-order chi connectivity index (χ1) is 8.68. The maximum Gasteiger partial charge on any atom is 0.247 e. The standard InChI is InChI=1S/C14H11ClINO/c15-13(10-6-2-1-3-7-10)14(18)17-12-9-5-4-8-11(12)16/h1-9,13H,(H,17,18). The Bertz CT molecular complexity index is 545. The van der Waals surface area contributed by atoms with Crippen LogP contribution in [0.2, 0.25) is 0 Å². The summed E-state index contributed by atoms with van der Waals surface area (Å²) < 4.78 is 0.986. The van der Waals surface area contributed by atoms with Crippen molar-refractivity contribution in [2.75, 3.05) is 5.32 Å². The molecule has 0 heterocycles. The Labute approximate surface area is 124 Å². The smallest absolute Gasteiger partial charge is 0.247 e. The summed E-state index contributed by atoms with van der Waals surface area (Å²) >= 11 is 8.32. The number of hydrogen-bond acceptors (Lipinski definition) is 1. The predicted octanol–water partition coefficient (Wildman–Crippen LogP) is 4.21. The molecule has 0 bridgehead atoms. The summed E-state index contributed by atoms with van der Waals surface area (Å²) in [7, 11) is 0. The van der Waals surface area contributed by atoms with E-state index in [1.54, 1.807) is 0 Å². The van der Waals surface area contributed by atoms with Gasteiger partial charge < -0.3 is 5.32 Å². The largest absolute Gasteiger partial charge is 0.324 e. The van der Waals surface area contributed by atoms with E-state index < -0.39 is 5.38 Å². The maximum absolute atomic E-state index is 12.0. The van der Waals surface area contributed by atoms with E-state index >= 15 is 0 Å². The number of carbonyl (C=O) groups is 1. The Kier molecular flexibility index (Phi) is 4.60. The molecule has 1 atom stereocenters. The van der Waals surface area contributed by atoms with Gasteiger partial charge in [0.25, 0.3) is 0 Å². The minimum atomic E-state index is -0.679. The van der Waals surface area contributed by atoms with Crippen molar-refractivity contribution in [2.24, 2.45) is 0 Å². The van der Waals surface area contributed by atoms with Gasteiger partial charge in [-0.1, -0.05) is 42.5 Å². The van der Waals surface area contributed by atoms with Crippen LogP contribution in [0.4, 0.5) is 5.69 Å². The first-order valence-corrected chi connectivity index (χ1v) is 6.94. The van der Waals surface area contributed by atoms with E-state index in [0.29, 0.717) is 0 Å². The van der Waals surface area contributed by atoms with Crippen LogP contribution < -0.4 is 5.32 Å². The molecule has 0 aliphatic carbocycles. The lowest BCUT2D eigenvalue weighted by Crippen LogP contribution is -2.17. The lowest BCUT2D eigenvalue weighted by atomic mass is 10.1. The summed E-state index contributed by atoms with van der Waals surface area (Å²) in [4.78, 5) is 12.0. The minimum Gasteiger partial charge on any atom is -0.324 e. The summed E-state index contributed by atoms with van der Waals surface area (Å²) in [5.41, 5.74) is 1.58. The number of benzene rings is 2. The van der Waals surface area contributed by atoms with Crippen molar-refractivity contribution >= 4 is 45.8 Å². The molecular formula is C14H11ClINO. The van der Waals surface area contributed by atoms with Crippen molar-refractivity contribution in [3.63, 3.8) is 0 Å². The number of hydrogen-bond donors (Lipinski definition) is 1. The molecular weight excluding hydrogens is 361 g/mol. The molecule has 1 unspecified atom stereocenters. The highest BCUT2D eigenvalue weighted by Crippen LogP contribution is 2.24. The molecule has 1 amide bonds. The van der Waals surface area contributed by atoms with Crippen LogP contribution >= 0.6 is 34.2 Å². The number of alkyl halides is 1. The average Bonchev–Trinajstić information content (AvgIpc) is 2.41. The highest BCUT2D eigenvalue weighted by atomic mass is 127. The Hall–Kier alpha value is -1.07. The Morgan fingerprint density at radius 2 is 1.67 bits per heavy atom. The summed E-state index contributed by atoms with van der Waals surface area (Å²) in [6.45, 7) is 0. The van der Waals surface area contributed by atoms with Crippen molar-refractivity contribution in [1.29, 1.82) is 0 Å². The fourth-order valence-electron chi connectivity index (χ4n) is 1.53. The summed E-state index contributed by atoms with van der Waals surface area (Å²) in [6, 6.07) is 16.9. The van der Waals surface area contributed by atoms with Crippen molar-refractivity contribution in [1.82, 2.24) is 0 Å². The van der Waals surface area contributed by atoms with E-state index in [1.165, 1.54) is 0 Å². The molecule has 0 fully saturated rings. The van der Waals surface area contributed by atoms with Gasteiger partial charge in [-0.3, -0.25) is 4.79 Å². The molecule has 0 aromatic heterocycles. The Morgan fingerprint density at radius 3 is 2.33 bits per heavy atom. The fourth-order valence-corrected chi connectivity index (χ4v) is 2.25. The number of amides is 1. The van der Waals surface area contributed by atoms with Gasteiger partial charge in [-0.15, -0.1) is 11.6 Å². The van der Waals surface area contributed by atoms with E-state index in [1.807, 2.05) is 54.6 Å². The van der Waals surface area contributed by atoms with Crippen molar-refractivity contribution in [3.8, 4) is 0 Å². The zero-order valence-electron chi connectivity index (χ0n) is 9.44. The number of rotatable bonds is 3. The van der Waals surface area contributed by atoms with Gasteiger partial charge in [0, 0.05) is 3.57 Å². The normalized spacial score (nSPS) is 11.9. The first-order valence-electron chi connectivity index (χ1n) is 5.43. The Balaban J connectivity index is 2.12. The molecule has 92 valence electrons. The molecule has 0 saturated carbocycles. The second-order valence-electron chi connectivity index (χ2n) is 3.74. The fraction of sp³-hybridized carbons (Fsp3) is 0.0714. The molecule has 1 N–H and O–H groups in total. The number of anilines is 1. The predicted molar refractivity (Wildman–Crippen MR) is 82.8 cm³/mol.